The summed E-state index contributed by atoms with van der Waals surface area (Å²) in [6, 6.07) is 6.63. The van der Waals surface area contributed by atoms with Gasteiger partial charge in [0.25, 0.3) is 0 Å². The molecule has 1 fully saturated rings. The lowest BCUT2D eigenvalue weighted by atomic mass is 10.1. The minimum Gasteiger partial charge on any atom is -0.374 e. The Balaban J connectivity index is 1.56. The lowest BCUT2D eigenvalue weighted by Crippen LogP contribution is -2.11. The van der Waals surface area contributed by atoms with E-state index in [1.54, 1.807) is 0 Å². The highest BCUT2D eigenvalue weighted by molar-refractivity contribution is 7.98. The molecule has 0 unspecified atom stereocenters. The van der Waals surface area contributed by atoms with Gasteiger partial charge in [0, 0.05) is 29.6 Å². The number of hydrogen-bond donors (Lipinski definition) is 0. The first kappa shape index (κ1) is 14.7. The Morgan fingerprint density at radius 1 is 1.38 bits per heavy atom. The number of thioether (sulfide) groups is 1. The van der Waals surface area contributed by atoms with Crippen LogP contribution in [0.1, 0.15) is 30.9 Å². The molecule has 1 aromatic heterocycles. The number of imidazole rings is 1. The fourth-order valence-corrected chi connectivity index (χ4v) is 3.89. The minimum absolute atomic E-state index is 0.451. The highest BCUT2D eigenvalue weighted by atomic mass is 32.2. The van der Waals surface area contributed by atoms with E-state index in [-0.39, 0.29) is 0 Å². The lowest BCUT2D eigenvalue weighted by Gasteiger charge is -2.12. The van der Waals surface area contributed by atoms with Gasteiger partial charge in [0.15, 0.2) is 0 Å². The third-order valence-corrected chi connectivity index (χ3v) is 5.13. The van der Waals surface area contributed by atoms with E-state index in [4.69, 9.17) is 4.74 Å². The molecule has 1 aliphatic rings. The van der Waals surface area contributed by atoms with Crippen LogP contribution < -0.4 is 0 Å². The maximum Gasteiger partial charge on any atom is 0.0991 e. The summed E-state index contributed by atoms with van der Waals surface area (Å²) >= 11 is 1.98. The van der Waals surface area contributed by atoms with Crippen LogP contribution in [0.15, 0.2) is 36.9 Å². The maximum atomic E-state index is 5.87. The summed E-state index contributed by atoms with van der Waals surface area (Å²) in [4.78, 5) is 4.10. The number of benzene rings is 1. The topological polar surface area (TPSA) is 27.1 Å². The van der Waals surface area contributed by atoms with E-state index in [9.17, 15) is 0 Å². The Hall–Kier alpha value is -1.26. The molecule has 0 spiro atoms. The van der Waals surface area contributed by atoms with E-state index < -0.39 is 0 Å². The molecule has 0 aliphatic carbocycles. The zero-order chi connectivity index (χ0) is 14.7. The number of ether oxygens (including phenoxy) is 1. The molecule has 3 rings (SSSR count). The van der Waals surface area contributed by atoms with E-state index in [1.165, 1.54) is 29.7 Å². The summed E-state index contributed by atoms with van der Waals surface area (Å²) in [5.74, 6) is 2.16. The van der Waals surface area contributed by atoms with Crippen LogP contribution in [0.2, 0.25) is 0 Å². The second-order valence-corrected chi connectivity index (χ2v) is 6.77. The van der Waals surface area contributed by atoms with Gasteiger partial charge in [0.05, 0.1) is 18.5 Å². The number of rotatable bonds is 5. The van der Waals surface area contributed by atoms with Gasteiger partial charge in [0.1, 0.15) is 0 Å². The van der Waals surface area contributed by atoms with Crippen LogP contribution in [0.4, 0.5) is 0 Å². The second-order valence-electron chi connectivity index (χ2n) is 5.74. The van der Waals surface area contributed by atoms with Gasteiger partial charge >= 0.3 is 0 Å². The molecule has 4 heteroatoms. The molecule has 112 valence electrons. The predicted octanol–water partition coefficient (Wildman–Crippen LogP) is 3.98. The van der Waals surface area contributed by atoms with Crippen LogP contribution >= 0.6 is 11.8 Å². The summed E-state index contributed by atoms with van der Waals surface area (Å²) in [6.07, 6.45) is 8.95. The van der Waals surface area contributed by atoms with Gasteiger partial charge in [-0.1, -0.05) is 6.07 Å². The normalized spacial score (nSPS) is 21.8. The summed E-state index contributed by atoms with van der Waals surface area (Å²) < 4.78 is 7.91. The van der Waals surface area contributed by atoms with Crippen molar-refractivity contribution in [3.05, 3.63) is 48.0 Å². The molecule has 1 aliphatic heterocycles. The number of hydrogen-bond acceptors (Lipinski definition) is 3. The van der Waals surface area contributed by atoms with Crippen molar-refractivity contribution in [2.45, 2.75) is 44.6 Å². The number of nitrogens with zero attached hydrogens (tertiary/aromatic N) is 2. The molecule has 1 saturated heterocycles. The van der Waals surface area contributed by atoms with Crippen LogP contribution in [-0.4, -0.2) is 27.5 Å². The van der Waals surface area contributed by atoms with Crippen LogP contribution in [0.3, 0.4) is 0 Å². The van der Waals surface area contributed by atoms with Gasteiger partial charge in [0.2, 0.25) is 0 Å². The van der Waals surface area contributed by atoms with Gasteiger partial charge in [-0.05, 0) is 49.9 Å². The van der Waals surface area contributed by atoms with Crippen molar-refractivity contribution in [3.63, 3.8) is 0 Å². The molecule has 21 heavy (non-hydrogen) atoms. The molecular weight excluding hydrogens is 280 g/mol. The van der Waals surface area contributed by atoms with E-state index >= 15 is 0 Å². The first-order valence-corrected chi connectivity index (χ1v) is 8.69. The highest BCUT2D eigenvalue weighted by Crippen LogP contribution is 2.25. The molecule has 0 bridgehead atoms. The van der Waals surface area contributed by atoms with Crippen LogP contribution in [0, 0.1) is 6.92 Å². The first-order valence-electron chi connectivity index (χ1n) is 7.53. The Labute approximate surface area is 130 Å². The smallest absolute Gasteiger partial charge is 0.0991 e. The van der Waals surface area contributed by atoms with E-state index in [0.29, 0.717) is 12.2 Å². The summed E-state index contributed by atoms with van der Waals surface area (Å²) in [5.41, 5.74) is 3.93. The highest BCUT2D eigenvalue weighted by Gasteiger charge is 2.21. The van der Waals surface area contributed by atoms with E-state index in [2.05, 4.69) is 37.0 Å². The largest absolute Gasteiger partial charge is 0.374 e. The monoisotopic (exact) mass is 302 g/mol. The predicted molar refractivity (Wildman–Crippen MR) is 88.0 cm³/mol. The number of aromatic nitrogens is 2. The Morgan fingerprint density at radius 3 is 2.95 bits per heavy atom. The maximum absolute atomic E-state index is 5.87. The fraction of sp³-hybridized carbons (Fsp3) is 0.471. The number of aryl methyl sites for hydroxylation is 1. The molecule has 0 N–H and O–H groups in total. The average Bonchev–Trinajstić information content (AvgIpc) is 3.12. The molecular formula is C17H22N2OS. The van der Waals surface area contributed by atoms with Crippen LogP contribution in [-0.2, 0) is 10.5 Å². The van der Waals surface area contributed by atoms with Crippen molar-refractivity contribution < 1.29 is 4.74 Å². The van der Waals surface area contributed by atoms with Crippen LogP contribution in [0.5, 0.6) is 0 Å². The van der Waals surface area contributed by atoms with Crippen molar-refractivity contribution in [2.24, 2.45) is 0 Å². The fourth-order valence-electron chi connectivity index (χ4n) is 2.72. The molecule has 2 heterocycles. The van der Waals surface area contributed by atoms with E-state index in [1.807, 2.05) is 35.0 Å². The SMILES string of the molecule is Cc1cc(-n2ccnc2)ccc1CSC[C@H]1CC[C@@H](C)O1. The van der Waals surface area contributed by atoms with Crippen molar-refractivity contribution in [1.29, 1.82) is 0 Å². The van der Waals surface area contributed by atoms with Gasteiger partial charge in [-0.2, -0.15) is 11.8 Å². The van der Waals surface area contributed by atoms with Crippen molar-refractivity contribution >= 4 is 11.8 Å². The zero-order valence-electron chi connectivity index (χ0n) is 12.7. The summed E-state index contributed by atoms with van der Waals surface area (Å²) in [6.45, 7) is 4.36. The van der Waals surface area contributed by atoms with Crippen molar-refractivity contribution in [1.82, 2.24) is 9.55 Å². The molecule has 1 aromatic carbocycles. The van der Waals surface area contributed by atoms with Gasteiger partial charge < -0.3 is 9.30 Å². The Morgan fingerprint density at radius 2 is 2.29 bits per heavy atom. The zero-order valence-corrected chi connectivity index (χ0v) is 13.5. The third kappa shape index (κ3) is 3.69. The Kier molecular flexibility index (Phi) is 4.66. The standard InChI is InChI=1S/C17H22N2OS/c1-13-9-16(19-8-7-18-12-19)5-4-15(13)10-21-11-17-6-3-14(2)20-17/h4-5,7-9,12,14,17H,3,6,10-11H2,1-2H3/t14-,17-/m1/s1. The molecule has 2 aromatic rings. The quantitative estimate of drug-likeness (QED) is 0.836. The van der Waals surface area contributed by atoms with Gasteiger partial charge in [-0.3, -0.25) is 0 Å². The van der Waals surface area contributed by atoms with Gasteiger partial charge in [-0.25, -0.2) is 4.98 Å². The molecule has 0 amide bonds. The van der Waals surface area contributed by atoms with Crippen LogP contribution in [0.25, 0.3) is 5.69 Å². The van der Waals surface area contributed by atoms with Crippen molar-refractivity contribution in [3.8, 4) is 5.69 Å². The molecule has 2 atom stereocenters. The third-order valence-electron chi connectivity index (χ3n) is 4.01. The Bertz CT molecular complexity index is 582. The summed E-state index contributed by atoms with van der Waals surface area (Å²) in [7, 11) is 0. The first-order chi connectivity index (χ1) is 10.2. The minimum atomic E-state index is 0.451. The molecule has 3 nitrogen and oxygen atoms in total. The molecule has 0 radical (unpaired) electrons. The van der Waals surface area contributed by atoms with Gasteiger partial charge in [-0.15, -0.1) is 0 Å². The second kappa shape index (κ2) is 6.67. The molecule has 0 saturated carbocycles. The van der Waals surface area contributed by atoms with E-state index in [0.717, 1.165) is 11.5 Å². The lowest BCUT2D eigenvalue weighted by molar-refractivity contribution is 0.0700. The van der Waals surface area contributed by atoms with Crippen molar-refractivity contribution in [2.75, 3.05) is 5.75 Å². The summed E-state index contributed by atoms with van der Waals surface area (Å²) in [5, 5.41) is 0. The average molecular weight is 302 g/mol.